The molecule has 1 aromatic heterocycles. The Labute approximate surface area is 156 Å². The summed E-state index contributed by atoms with van der Waals surface area (Å²) in [7, 11) is 0. The first-order valence-corrected chi connectivity index (χ1v) is 9.87. The zero-order chi connectivity index (χ0) is 18.1. The standard InChI is InChI=1S/C20H21FN2O2S/c21-17-4-2-15(3-5-17)12-22-9-1-7-20(19(22)25)8-10-23(14-20)18(24)16-6-11-26-13-16/h2-6,11,13H,1,7-10,12,14H2/t20-/m1/s1. The van der Waals surface area contributed by atoms with E-state index in [1.165, 1.54) is 23.5 Å². The van der Waals surface area contributed by atoms with Crippen LogP contribution in [0, 0.1) is 11.2 Å². The maximum Gasteiger partial charge on any atom is 0.254 e. The van der Waals surface area contributed by atoms with Crippen LogP contribution in [0.4, 0.5) is 4.39 Å². The Morgan fingerprint density at radius 1 is 1.15 bits per heavy atom. The number of halogens is 1. The number of amides is 2. The van der Waals surface area contributed by atoms with Crippen molar-refractivity contribution in [2.75, 3.05) is 19.6 Å². The molecule has 3 heterocycles. The normalized spacial score (nSPS) is 23.0. The van der Waals surface area contributed by atoms with Crippen molar-refractivity contribution in [1.82, 2.24) is 9.80 Å². The first kappa shape index (κ1) is 17.2. The predicted molar refractivity (Wildman–Crippen MR) is 98.3 cm³/mol. The first-order valence-electron chi connectivity index (χ1n) is 8.93. The van der Waals surface area contributed by atoms with Gasteiger partial charge >= 0.3 is 0 Å². The van der Waals surface area contributed by atoms with E-state index in [-0.39, 0.29) is 17.6 Å². The van der Waals surface area contributed by atoms with Gasteiger partial charge in [0, 0.05) is 31.6 Å². The molecule has 136 valence electrons. The van der Waals surface area contributed by atoms with Gasteiger partial charge in [0.2, 0.25) is 5.91 Å². The van der Waals surface area contributed by atoms with E-state index in [0.29, 0.717) is 25.2 Å². The van der Waals surface area contributed by atoms with Gasteiger partial charge in [-0.15, -0.1) is 0 Å². The number of piperidine rings is 1. The van der Waals surface area contributed by atoms with Crippen molar-refractivity contribution in [1.29, 1.82) is 0 Å². The van der Waals surface area contributed by atoms with Gasteiger partial charge in [0.15, 0.2) is 0 Å². The van der Waals surface area contributed by atoms with Crippen molar-refractivity contribution >= 4 is 23.2 Å². The second-order valence-corrected chi connectivity index (χ2v) is 8.01. The van der Waals surface area contributed by atoms with Crippen LogP contribution in [-0.2, 0) is 11.3 Å². The van der Waals surface area contributed by atoms with Crippen LogP contribution >= 0.6 is 11.3 Å². The summed E-state index contributed by atoms with van der Waals surface area (Å²) in [6.07, 6.45) is 2.49. The summed E-state index contributed by atoms with van der Waals surface area (Å²) >= 11 is 1.51. The van der Waals surface area contributed by atoms with Gasteiger partial charge in [0.1, 0.15) is 5.82 Å². The lowest BCUT2D eigenvalue weighted by atomic mass is 9.78. The number of benzene rings is 1. The van der Waals surface area contributed by atoms with Crippen LogP contribution in [-0.4, -0.2) is 41.2 Å². The Hall–Kier alpha value is -2.21. The quantitative estimate of drug-likeness (QED) is 0.827. The third kappa shape index (κ3) is 3.14. The van der Waals surface area contributed by atoms with Gasteiger partial charge < -0.3 is 9.80 Å². The third-order valence-corrected chi connectivity index (χ3v) is 6.20. The minimum Gasteiger partial charge on any atom is -0.338 e. The maximum absolute atomic E-state index is 13.2. The van der Waals surface area contributed by atoms with Crippen LogP contribution in [0.2, 0.25) is 0 Å². The highest BCUT2D eigenvalue weighted by atomic mass is 32.1. The molecule has 2 aromatic rings. The Morgan fingerprint density at radius 3 is 2.69 bits per heavy atom. The van der Waals surface area contributed by atoms with Gasteiger partial charge in [-0.1, -0.05) is 12.1 Å². The van der Waals surface area contributed by atoms with Crippen molar-refractivity contribution < 1.29 is 14.0 Å². The maximum atomic E-state index is 13.2. The fourth-order valence-electron chi connectivity index (χ4n) is 4.11. The minimum atomic E-state index is -0.454. The van der Waals surface area contributed by atoms with E-state index >= 15 is 0 Å². The second-order valence-electron chi connectivity index (χ2n) is 7.23. The van der Waals surface area contributed by atoms with E-state index in [1.54, 1.807) is 12.1 Å². The summed E-state index contributed by atoms with van der Waals surface area (Å²) in [6.45, 7) is 2.35. The molecule has 2 amide bonds. The molecule has 2 aliphatic rings. The van der Waals surface area contributed by atoms with Crippen molar-refractivity contribution in [3.63, 3.8) is 0 Å². The van der Waals surface area contributed by atoms with Gasteiger partial charge in [-0.2, -0.15) is 11.3 Å². The summed E-state index contributed by atoms with van der Waals surface area (Å²) in [5, 5.41) is 3.76. The number of carbonyl (C=O) groups is 2. The van der Waals surface area contributed by atoms with Crippen LogP contribution in [0.25, 0.3) is 0 Å². The van der Waals surface area contributed by atoms with Crippen LogP contribution in [0.1, 0.15) is 35.2 Å². The molecular weight excluding hydrogens is 351 g/mol. The highest BCUT2D eigenvalue weighted by Gasteiger charge is 2.49. The fourth-order valence-corrected chi connectivity index (χ4v) is 4.74. The molecule has 1 spiro atoms. The predicted octanol–water partition coefficient (Wildman–Crippen LogP) is 3.54. The second kappa shape index (κ2) is 6.83. The number of hydrogen-bond donors (Lipinski definition) is 0. The molecule has 2 saturated heterocycles. The van der Waals surface area contributed by atoms with Gasteiger partial charge in [-0.25, -0.2) is 4.39 Å². The van der Waals surface area contributed by atoms with E-state index in [4.69, 9.17) is 0 Å². The van der Waals surface area contributed by atoms with E-state index in [9.17, 15) is 14.0 Å². The molecule has 2 aliphatic heterocycles. The lowest BCUT2D eigenvalue weighted by Gasteiger charge is -2.39. The van der Waals surface area contributed by atoms with E-state index in [1.807, 2.05) is 26.6 Å². The van der Waals surface area contributed by atoms with Gasteiger partial charge in [-0.3, -0.25) is 9.59 Å². The molecule has 0 aliphatic carbocycles. The Morgan fingerprint density at radius 2 is 1.96 bits per heavy atom. The third-order valence-electron chi connectivity index (χ3n) is 5.52. The topological polar surface area (TPSA) is 40.6 Å². The average Bonchev–Trinajstić information content (AvgIpc) is 3.31. The average molecular weight is 372 g/mol. The molecule has 2 fully saturated rings. The summed E-state index contributed by atoms with van der Waals surface area (Å²) in [5.41, 5.74) is 1.18. The first-order chi connectivity index (χ1) is 12.6. The summed E-state index contributed by atoms with van der Waals surface area (Å²) in [5.74, 6) is -0.117. The van der Waals surface area contributed by atoms with E-state index in [0.717, 1.165) is 31.4 Å². The SMILES string of the molecule is O=C(c1ccsc1)N1CC[C@]2(CCCN(Cc3ccc(F)cc3)C2=O)C1. The number of carbonyl (C=O) groups excluding carboxylic acids is 2. The van der Waals surface area contributed by atoms with Crippen LogP contribution in [0.3, 0.4) is 0 Å². The highest BCUT2D eigenvalue weighted by molar-refractivity contribution is 7.08. The molecule has 6 heteroatoms. The number of nitrogens with zero attached hydrogens (tertiary/aromatic N) is 2. The zero-order valence-electron chi connectivity index (χ0n) is 14.5. The number of thiophene rings is 1. The minimum absolute atomic E-state index is 0.0200. The number of hydrogen-bond acceptors (Lipinski definition) is 3. The molecule has 0 saturated carbocycles. The lowest BCUT2D eigenvalue weighted by Crippen LogP contribution is -2.50. The van der Waals surface area contributed by atoms with Gasteiger partial charge in [-0.05, 0) is 48.4 Å². The molecule has 0 radical (unpaired) electrons. The Bertz CT molecular complexity index is 806. The Kier molecular flexibility index (Phi) is 4.53. The van der Waals surface area contributed by atoms with Crippen LogP contribution in [0.15, 0.2) is 41.1 Å². The molecule has 0 bridgehead atoms. The van der Waals surface area contributed by atoms with Crippen molar-refractivity contribution in [3.8, 4) is 0 Å². The molecule has 1 atom stereocenters. The van der Waals surface area contributed by atoms with Crippen molar-refractivity contribution in [2.24, 2.45) is 5.41 Å². The largest absolute Gasteiger partial charge is 0.338 e. The monoisotopic (exact) mass is 372 g/mol. The van der Waals surface area contributed by atoms with Gasteiger partial charge in [0.25, 0.3) is 5.91 Å². The van der Waals surface area contributed by atoms with Crippen LogP contribution in [0.5, 0.6) is 0 Å². The highest BCUT2D eigenvalue weighted by Crippen LogP contribution is 2.41. The van der Waals surface area contributed by atoms with Crippen molar-refractivity contribution in [2.45, 2.75) is 25.8 Å². The molecule has 4 nitrogen and oxygen atoms in total. The van der Waals surface area contributed by atoms with E-state index in [2.05, 4.69) is 0 Å². The van der Waals surface area contributed by atoms with Gasteiger partial charge in [0.05, 0.1) is 11.0 Å². The molecular formula is C20H21FN2O2S. The molecule has 26 heavy (non-hydrogen) atoms. The lowest BCUT2D eigenvalue weighted by molar-refractivity contribution is -0.146. The van der Waals surface area contributed by atoms with E-state index < -0.39 is 5.41 Å². The molecule has 4 rings (SSSR count). The van der Waals surface area contributed by atoms with Crippen LogP contribution < -0.4 is 0 Å². The van der Waals surface area contributed by atoms with Crippen molar-refractivity contribution in [3.05, 3.63) is 58.0 Å². The summed E-state index contributed by atoms with van der Waals surface area (Å²) in [4.78, 5) is 29.5. The Balaban J connectivity index is 1.47. The zero-order valence-corrected chi connectivity index (χ0v) is 15.3. The fraction of sp³-hybridized carbons (Fsp3) is 0.400. The molecule has 1 aromatic carbocycles. The summed E-state index contributed by atoms with van der Waals surface area (Å²) in [6, 6.07) is 8.14. The number of likely N-dealkylation sites (tertiary alicyclic amines) is 2. The molecule has 0 unspecified atom stereocenters. The number of rotatable bonds is 3. The molecule has 0 N–H and O–H groups in total. The smallest absolute Gasteiger partial charge is 0.254 e. The summed E-state index contributed by atoms with van der Waals surface area (Å²) < 4.78 is 13.1.